The molecule has 0 spiro atoms. The molecule has 0 atom stereocenters. The summed E-state index contributed by atoms with van der Waals surface area (Å²) in [5.74, 6) is 0.258. The lowest BCUT2D eigenvalue weighted by Gasteiger charge is -2.23. The quantitative estimate of drug-likeness (QED) is 0.916. The zero-order chi connectivity index (χ0) is 14.1. The molecule has 2 heterocycles. The molecular formula is C14H13ClN2O3. The molecule has 1 N–H and O–H groups in total. The van der Waals surface area contributed by atoms with Crippen molar-refractivity contribution in [1.29, 1.82) is 0 Å². The summed E-state index contributed by atoms with van der Waals surface area (Å²) in [7, 11) is 0. The van der Waals surface area contributed by atoms with E-state index in [2.05, 4.69) is 4.98 Å². The number of pyridine rings is 1. The Labute approximate surface area is 120 Å². The fourth-order valence-corrected chi connectivity index (χ4v) is 2.43. The number of nitrogens with zero attached hydrogens (tertiary/aromatic N) is 2. The first kappa shape index (κ1) is 13.0. The van der Waals surface area contributed by atoms with Gasteiger partial charge < -0.3 is 14.4 Å². The second-order valence-electron chi connectivity index (χ2n) is 4.74. The lowest BCUT2D eigenvalue weighted by atomic mass is 10.2. The van der Waals surface area contributed by atoms with Crippen LogP contribution in [-0.4, -0.2) is 22.1 Å². The minimum atomic E-state index is -1.05. The van der Waals surface area contributed by atoms with Crippen LogP contribution in [0.5, 0.6) is 0 Å². The summed E-state index contributed by atoms with van der Waals surface area (Å²) < 4.78 is 5.35. The summed E-state index contributed by atoms with van der Waals surface area (Å²) in [4.78, 5) is 17.4. The summed E-state index contributed by atoms with van der Waals surface area (Å²) in [6, 6.07) is 5.45. The van der Waals surface area contributed by atoms with Crippen LogP contribution in [0.3, 0.4) is 0 Å². The molecule has 20 heavy (non-hydrogen) atoms. The van der Waals surface area contributed by atoms with Gasteiger partial charge in [0, 0.05) is 12.2 Å². The Hall–Kier alpha value is -2.01. The number of carboxylic acid groups (broad SMARTS) is 1. The maximum absolute atomic E-state index is 11.1. The van der Waals surface area contributed by atoms with E-state index in [1.54, 1.807) is 6.26 Å². The lowest BCUT2D eigenvalue weighted by molar-refractivity contribution is 0.0697. The number of aromatic carboxylic acids is 1. The van der Waals surface area contributed by atoms with E-state index in [0.29, 0.717) is 18.4 Å². The fraction of sp³-hybridized carbons (Fsp3) is 0.286. The van der Waals surface area contributed by atoms with E-state index in [-0.39, 0.29) is 10.6 Å². The first-order valence-corrected chi connectivity index (χ1v) is 6.71. The van der Waals surface area contributed by atoms with Crippen LogP contribution in [0, 0.1) is 0 Å². The molecule has 0 aliphatic heterocycles. The molecule has 2 aromatic heterocycles. The van der Waals surface area contributed by atoms with Gasteiger partial charge in [-0.2, -0.15) is 0 Å². The van der Waals surface area contributed by atoms with Gasteiger partial charge in [-0.15, -0.1) is 0 Å². The Morgan fingerprint density at radius 3 is 2.90 bits per heavy atom. The molecule has 0 saturated heterocycles. The van der Waals surface area contributed by atoms with E-state index >= 15 is 0 Å². The predicted molar refractivity (Wildman–Crippen MR) is 74.1 cm³/mol. The van der Waals surface area contributed by atoms with Crippen LogP contribution in [0.2, 0.25) is 5.02 Å². The van der Waals surface area contributed by atoms with Crippen molar-refractivity contribution in [3.63, 3.8) is 0 Å². The number of hydrogen-bond donors (Lipinski definition) is 1. The van der Waals surface area contributed by atoms with Gasteiger partial charge in [0.25, 0.3) is 0 Å². The second kappa shape index (κ2) is 5.17. The zero-order valence-electron chi connectivity index (χ0n) is 10.6. The van der Waals surface area contributed by atoms with Gasteiger partial charge in [-0.3, -0.25) is 0 Å². The first-order valence-electron chi connectivity index (χ1n) is 6.33. The second-order valence-corrected chi connectivity index (χ2v) is 5.12. The Balaban J connectivity index is 1.95. The maximum atomic E-state index is 11.1. The van der Waals surface area contributed by atoms with Crippen molar-refractivity contribution in [2.45, 2.75) is 25.4 Å². The van der Waals surface area contributed by atoms with Crippen LogP contribution in [0.15, 0.2) is 35.1 Å². The van der Waals surface area contributed by atoms with Gasteiger partial charge in [0.05, 0.1) is 23.4 Å². The minimum Gasteiger partial charge on any atom is -0.478 e. The van der Waals surface area contributed by atoms with Crippen LogP contribution in [-0.2, 0) is 6.54 Å². The molecule has 1 fully saturated rings. The largest absolute Gasteiger partial charge is 0.478 e. The molecule has 3 rings (SSSR count). The average molecular weight is 293 g/mol. The average Bonchev–Trinajstić information content (AvgIpc) is 3.14. The summed E-state index contributed by atoms with van der Waals surface area (Å²) in [6.07, 6.45) is 5.19. The van der Waals surface area contributed by atoms with Crippen molar-refractivity contribution < 1.29 is 14.3 Å². The molecule has 6 heteroatoms. The summed E-state index contributed by atoms with van der Waals surface area (Å²) in [5.41, 5.74) is 0.0711. The first-order chi connectivity index (χ1) is 9.66. The lowest BCUT2D eigenvalue weighted by Crippen LogP contribution is -2.26. The third kappa shape index (κ3) is 2.49. The molecule has 2 aromatic rings. The van der Waals surface area contributed by atoms with Crippen LogP contribution >= 0.6 is 11.6 Å². The number of carbonyl (C=O) groups is 1. The topological polar surface area (TPSA) is 66.6 Å². The van der Waals surface area contributed by atoms with Crippen LogP contribution in [0.25, 0.3) is 0 Å². The number of rotatable bonds is 5. The van der Waals surface area contributed by atoms with Crippen molar-refractivity contribution in [3.05, 3.63) is 47.0 Å². The van der Waals surface area contributed by atoms with E-state index in [9.17, 15) is 4.79 Å². The van der Waals surface area contributed by atoms with Gasteiger partial charge >= 0.3 is 5.97 Å². The van der Waals surface area contributed by atoms with E-state index in [1.165, 1.54) is 12.3 Å². The summed E-state index contributed by atoms with van der Waals surface area (Å²) >= 11 is 6.19. The summed E-state index contributed by atoms with van der Waals surface area (Å²) in [6.45, 7) is 0.535. The zero-order valence-corrected chi connectivity index (χ0v) is 11.4. The van der Waals surface area contributed by atoms with Crippen LogP contribution < -0.4 is 4.90 Å². The van der Waals surface area contributed by atoms with Gasteiger partial charge in [0.1, 0.15) is 11.6 Å². The van der Waals surface area contributed by atoms with E-state index in [1.807, 2.05) is 17.0 Å². The Kier molecular flexibility index (Phi) is 3.36. The molecule has 104 valence electrons. The molecule has 5 nitrogen and oxygen atoms in total. The Bertz CT molecular complexity index is 623. The molecular weight excluding hydrogens is 280 g/mol. The molecule has 1 aliphatic carbocycles. The highest BCUT2D eigenvalue weighted by Crippen LogP contribution is 2.36. The highest BCUT2D eigenvalue weighted by molar-refractivity contribution is 6.35. The van der Waals surface area contributed by atoms with Crippen LogP contribution in [0.4, 0.5) is 5.82 Å². The number of aromatic nitrogens is 1. The van der Waals surface area contributed by atoms with Gasteiger partial charge in [-0.25, -0.2) is 9.78 Å². The third-order valence-electron chi connectivity index (χ3n) is 3.27. The van der Waals surface area contributed by atoms with Crippen LogP contribution in [0.1, 0.15) is 29.0 Å². The predicted octanol–water partition coefficient (Wildman–Crippen LogP) is 3.20. The van der Waals surface area contributed by atoms with E-state index in [4.69, 9.17) is 21.1 Å². The molecule has 1 aliphatic rings. The molecule has 0 aromatic carbocycles. The highest BCUT2D eigenvalue weighted by Gasteiger charge is 2.32. The third-order valence-corrected chi connectivity index (χ3v) is 3.64. The van der Waals surface area contributed by atoms with Gasteiger partial charge in [0.2, 0.25) is 0 Å². The van der Waals surface area contributed by atoms with Gasteiger partial charge in [-0.05, 0) is 31.0 Å². The fourth-order valence-electron chi connectivity index (χ4n) is 2.13. The monoisotopic (exact) mass is 292 g/mol. The SMILES string of the molecule is O=C(O)c1ccnc(N(Cc2ccco2)C2CC2)c1Cl. The van der Waals surface area contributed by atoms with E-state index in [0.717, 1.165) is 18.6 Å². The van der Waals surface area contributed by atoms with Crippen molar-refractivity contribution in [2.24, 2.45) is 0 Å². The van der Waals surface area contributed by atoms with Gasteiger partial charge in [-0.1, -0.05) is 11.6 Å². The van der Waals surface area contributed by atoms with E-state index < -0.39 is 5.97 Å². The Morgan fingerprint density at radius 1 is 1.50 bits per heavy atom. The molecule has 1 saturated carbocycles. The van der Waals surface area contributed by atoms with Crippen molar-refractivity contribution in [2.75, 3.05) is 4.90 Å². The van der Waals surface area contributed by atoms with Crippen molar-refractivity contribution in [3.8, 4) is 0 Å². The number of carboxylic acids is 1. The number of furan rings is 1. The smallest absolute Gasteiger partial charge is 0.337 e. The minimum absolute atomic E-state index is 0.0711. The molecule has 0 radical (unpaired) electrons. The number of anilines is 1. The summed E-state index contributed by atoms with van der Waals surface area (Å²) in [5, 5.41) is 9.31. The molecule has 0 bridgehead atoms. The van der Waals surface area contributed by atoms with Crippen molar-refractivity contribution in [1.82, 2.24) is 4.98 Å². The number of halogens is 1. The standard InChI is InChI=1S/C14H13ClN2O3/c15-12-11(14(18)19)5-6-16-13(12)17(9-3-4-9)8-10-2-1-7-20-10/h1-2,5-7,9H,3-4,8H2,(H,18,19). The normalized spacial score (nSPS) is 14.2. The maximum Gasteiger partial charge on any atom is 0.337 e. The van der Waals surface area contributed by atoms with Crippen molar-refractivity contribution >= 4 is 23.4 Å². The van der Waals surface area contributed by atoms with Gasteiger partial charge in [0.15, 0.2) is 0 Å². The molecule has 0 amide bonds. The highest BCUT2D eigenvalue weighted by atomic mass is 35.5. The number of hydrogen-bond acceptors (Lipinski definition) is 4. The molecule has 0 unspecified atom stereocenters. The Morgan fingerprint density at radius 2 is 2.30 bits per heavy atom.